The molecule has 1 heterocycles. The van der Waals surface area contributed by atoms with Gasteiger partial charge in [0.15, 0.2) is 0 Å². The van der Waals surface area contributed by atoms with E-state index in [0.717, 1.165) is 6.42 Å². The molecular formula is C9H12N4O3. The summed E-state index contributed by atoms with van der Waals surface area (Å²) in [5.41, 5.74) is 0. The van der Waals surface area contributed by atoms with E-state index in [1.54, 1.807) is 0 Å². The van der Waals surface area contributed by atoms with Gasteiger partial charge in [-0.2, -0.15) is 10.1 Å². The van der Waals surface area contributed by atoms with Gasteiger partial charge in [-0.15, -0.1) is 0 Å². The average molecular weight is 224 g/mol. The van der Waals surface area contributed by atoms with E-state index in [2.05, 4.69) is 20.5 Å². The van der Waals surface area contributed by atoms with Gasteiger partial charge in [0.25, 0.3) is 0 Å². The fraction of sp³-hybridized carbons (Fsp3) is 0.556. The maximum atomic E-state index is 11.8. The van der Waals surface area contributed by atoms with Crippen molar-refractivity contribution in [1.82, 2.24) is 15.2 Å². The second-order valence-electron chi connectivity index (χ2n) is 3.81. The number of nitrogens with one attached hydrogen (secondary N) is 2. The molecule has 1 saturated carbocycles. The highest BCUT2D eigenvalue weighted by atomic mass is 16.4. The van der Waals surface area contributed by atoms with Gasteiger partial charge in [-0.1, -0.05) is 6.42 Å². The SMILES string of the molecule is O=C(O)[C@H]1CCC[C@H]1C(=O)Nc1ncn[nH]1. The van der Waals surface area contributed by atoms with Crippen LogP contribution in [0.25, 0.3) is 0 Å². The van der Waals surface area contributed by atoms with Gasteiger partial charge < -0.3 is 5.11 Å². The van der Waals surface area contributed by atoms with E-state index in [9.17, 15) is 9.59 Å². The van der Waals surface area contributed by atoms with Gasteiger partial charge in [-0.3, -0.25) is 14.9 Å². The molecule has 1 fully saturated rings. The zero-order valence-electron chi connectivity index (χ0n) is 8.51. The van der Waals surface area contributed by atoms with Crippen molar-refractivity contribution in [3.63, 3.8) is 0 Å². The Balaban J connectivity index is 2.01. The lowest BCUT2D eigenvalue weighted by molar-refractivity contribution is -0.145. The molecule has 3 N–H and O–H groups in total. The van der Waals surface area contributed by atoms with Crippen molar-refractivity contribution in [3.8, 4) is 0 Å². The summed E-state index contributed by atoms with van der Waals surface area (Å²) in [5.74, 6) is -2.01. The second kappa shape index (κ2) is 4.30. The van der Waals surface area contributed by atoms with Crippen LogP contribution in [0.3, 0.4) is 0 Å². The quantitative estimate of drug-likeness (QED) is 0.681. The molecule has 0 saturated heterocycles. The maximum Gasteiger partial charge on any atom is 0.307 e. The molecule has 1 aliphatic carbocycles. The number of H-pyrrole nitrogens is 1. The van der Waals surface area contributed by atoms with Gasteiger partial charge in [-0.05, 0) is 12.8 Å². The van der Waals surface area contributed by atoms with Crippen molar-refractivity contribution in [2.24, 2.45) is 11.8 Å². The lowest BCUT2D eigenvalue weighted by Gasteiger charge is -2.13. The average Bonchev–Trinajstić information content (AvgIpc) is 2.86. The summed E-state index contributed by atoms with van der Waals surface area (Å²) in [4.78, 5) is 26.4. The number of nitrogens with zero attached hydrogens (tertiary/aromatic N) is 2. The summed E-state index contributed by atoms with van der Waals surface area (Å²) in [6.45, 7) is 0. The van der Waals surface area contributed by atoms with Gasteiger partial charge in [0.1, 0.15) is 6.33 Å². The Bertz CT molecular complexity index is 389. The monoisotopic (exact) mass is 224 g/mol. The van der Waals surface area contributed by atoms with Crippen LogP contribution in [0.15, 0.2) is 6.33 Å². The first kappa shape index (κ1) is 10.6. The third kappa shape index (κ3) is 2.02. The highest BCUT2D eigenvalue weighted by molar-refractivity contribution is 5.94. The molecule has 0 spiro atoms. The third-order valence-corrected chi connectivity index (χ3v) is 2.83. The molecular weight excluding hydrogens is 212 g/mol. The second-order valence-corrected chi connectivity index (χ2v) is 3.81. The Morgan fingerprint density at radius 1 is 1.44 bits per heavy atom. The number of rotatable bonds is 3. The highest BCUT2D eigenvalue weighted by Gasteiger charge is 2.37. The van der Waals surface area contributed by atoms with Crippen LogP contribution in [0.4, 0.5) is 5.95 Å². The van der Waals surface area contributed by atoms with Crippen LogP contribution < -0.4 is 5.32 Å². The molecule has 7 nitrogen and oxygen atoms in total. The van der Waals surface area contributed by atoms with E-state index in [0.29, 0.717) is 12.8 Å². The number of carboxylic acids is 1. The van der Waals surface area contributed by atoms with E-state index in [4.69, 9.17) is 5.11 Å². The zero-order valence-corrected chi connectivity index (χ0v) is 8.51. The summed E-state index contributed by atoms with van der Waals surface area (Å²) >= 11 is 0. The summed E-state index contributed by atoms with van der Waals surface area (Å²) in [6.07, 6.45) is 3.21. The predicted molar refractivity (Wildman–Crippen MR) is 53.5 cm³/mol. The standard InChI is InChI=1S/C9H12N4O3/c14-7(12-9-10-4-11-13-9)5-2-1-3-6(5)8(15)16/h4-6H,1-3H2,(H,15,16)(H2,10,11,12,13,14)/t5-,6+/m1/s1. The third-order valence-electron chi connectivity index (χ3n) is 2.83. The van der Waals surface area contributed by atoms with Gasteiger partial charge in [0.2, 0.25) is 11.9 Å². The van der Waals surface area contributed by atoms with Crippen LogP contribution in [0.5, 0.6) is 0 Å². The highest BCUT2D eigenvalue weighted by Crippen LogP contribution is 2.32. The number of hydrogen-bond acceptors (Lipinski definition) is 4. The molecule has 0 aromatic carbocycles. The first-order valence-corrected chi connectivity index (χ1v) is 5.07. The van der Waals surface area contributed by atoms with E-state index in [-0.39, 0.29) is 11.9 Å². The lowest BCUT2D eigenvalue weighted by Crippen LogP contribution is -2.30. The largest absolute Gasteiger partial charge is 0.481 e. The van der Waals surface area contributed by atoms with Crippen molar-refractivity contribution < 1.29 is 14.7 Å². The van der Waals surface area contributed by atoms with Crippen LogP contribution in [-0.4, -0.2) is 32.2 Å². The molecule has 0 unspecified atom stereocenters. The zero-order chi connectivity index (χ0) is 11.5. The summed E-state index contributed by atoms with van der Waals surface area (Å²) in [7, 11) is 0. The fourth-order valence-corrected chi connectivity index (χ4v) is 2.04. The topological polar surface area (TPSA) is 108 Å². The Morgan fingerprint density at radius 2 is 2.19 bits per heavy atom. The van der Waals surface area contributed by atoms with E-state index in [1.165, 1.54) is 6.33 Å². The van der Waals surface area contributed by atoms with Crippen molar-refractivity contribution in [2.45, 2.75) is 19.3 Å². The molecule has 0 aliphatic heterocycles. The molecule has 1 aromatic rings. The number of amides is 1. The Hall–Kier alpha value is -1.92. The van der Waals surface area contributed by atoms with Gasteiger partial charge in [-0.25, -0.2) is 5.10 Å². The van der Waals surface area contributed by atoms with E-state index < -0.39 is 17.8 Å². The van der Waals surface area contributed by atoms with Gasteiger partial charge >= 0.3 is 5.97 Å². The number of aromatic amines is 1. The number of carbonyl (C=O) groups is 2. The lowest BCUT2D eigenvalue weighted by atomic mass is 9.95. The first-order valence-electron chi connectivity index (χ1n) is 5.07. The normalized spacial score (nSPS) is 24.2. The number of hydrogen-bond donors (Lipinski definition) is 3. The molecule has 0 bridgehead atoms. The smallest absolute Gasteiger partial charge is 0.307 e. The maximum absolute atomic E-state index is 11.8. The first-order chi connectivity index (χ1) is 7.68. The predicted octanol–water partition coefficient (Wildman–Crippen LogP) is 0.244. The van der Waals surface area contributed by atoms with Crippen molar-refractivity contribution in [1.29, 1.82) is 0 Å². The number of carboxylic acid groups (broad SMARTS) is 1. The van der Waals surface area contributed by atoms with Crippen LogP contribution in [0, 0.1) is 11.8 Å². The summed E-state index contributed by atoms with van der Waals surface area (Å²) < 4.78 is 0. The van der Waals surface area contributed by atoms with E-state index >= 15 is 0 Å². The molecule has 1 aromatic heterocycles. The Labute approximate surface area is 91.3 Å². The minimum absolute atomic E-state index is 0.251. The summed E-state index contributed by atoms with van der Waals surface area (Å²) in [5, 5.41) is 17.5. The van der Waals surface area contributed by atoms with Crippen molar-refractivity contribution >= 4 is 17.8 Å². The Kier molecular flexibility index (Phi) is 2.84. The minimum atomic E-state index is -0.907. The minimum Gasteiger partial charge on any atom is -0.481 e. The molecule has 0 radical (unpaired) electrons. The summed E-state index contributed by atoms with van der Waals surface area (Å²) in [6, 6.07) is 0. The molecule has 1 aliphatic rings. The van der Waals surface area contributed by atoms with Crippen molar-refractivity contribution in [3.05, 3.63) is 6.33 Å². The molecule has 7 heteroatoms. The van der Waals surface area contributed by atoms with Gasteiger partial charge in [0.05, 0.1) is 11.8 Å². The van der Waals surface area contributed by atoms with Crippen LogP contribution in [0.1, 0.15) is 19.3 Å². The molecule has 86 valence electrons. The molecule has 16 heavy (non-hydrogen) atoms. The van der Waals surface area contributed by atoms with Gasteiger partial charge in [0, 0.05) is 0 Å². The number of carbonyl (C=O) groups excluding carboxylic acids is 1. The van der Waals surface area contributed by atoms with E-state index in [1.807, 2.05) is 0 Å². The van der Waals surface area contributed by atoms with Crippen LogP contribution in [0.2, 0.25) is 0 Å². The van der Waals surface area contributed by atoms with Crippen LogP contribution >= 0.6 is 0 Å². The molecule has 2 rings (SSSR count). The molecule has 2 atom stereocenters. The number of aliphatic carboxylic acids is 1. The van der Waals surface area contributed by atoms with Crippen LogP contribution in [-0.2, 0) is 9.59 Å². The Morgan fingerprint density at radius 3 is 2.81 bits per heavy atom. The number of aromatic nitrogens is 3. The molecule has 1 amide bonds. The van der Waals surface area contributed by atoms with Crippen molar-refractivity contribution in [2.75, 3.05) is 5.32 Å². The fourth-order valence-electron chi connectivity index (χ4n) is 2.04. The number of anilines is 1.